The summed E-state index contributed by atoms with van der Waals surface area (Å²) in [6, 6.07) is 5.74. The van der Waals surface area contributed by atoms with Gasteiger partial charge in [-0.15, -0.1) is 0 Å². The molecular weight excluding hydrogens is 400 g/mol. The zero-order valence-corrected chi connectivity index (χ0v) is 22.1. The maximum atomic E-state index is 13.0. The van der Waals surface area contributed by atoms with Crippen LogP contribution >= 0.6 is 0 Å². The fraction of sp³-hybridized carbons (Fsp3) is 0.593. The van der Waals surface area contributed by atoms with Crippen LogP contribution in [0, 0.1) is 0 Å². The number of rotatable bonds is 8. The molecule has 0 saturated heterocycles. The van der Waals surface area contributed by atoms with Crippen LogP contribution in [0.2, 0.25) is 18.1 Å². The van der Waals surface area contributed by atoms with E-state index < -0.39 is 13.9 Å². The Hall–Kier alpha value is -1.81. The minimum Gasteiger partial charge on any atom is -0.543 e. The van der Waals surface area contributed by atoms with Crippen LogP contribution < -0.4 is 9.16 Å². The molecule has 1 aromatic carbocycles. The van der Waals surface area contributed by atoms with Gasteiger partial charge in [0, 0.05) is 0 Å². The number of ether oxygens (including phenoxy) is 1. The van der Waals surface area contributed by atoms with Crippen LogP contribution in [0.1, 0.15) is 90.9 Å². The number of allylic oxidation sites excluding steroid dienone is 4. The van der Waals surface area contributed by atoms with Gasteiger partial charge < -0.3 is 9.16 Å². The third-order valence-electron chi connectivity index (χ3n) is 6.58. The first-order chi connectivity index (χ1) is 14.2. The Morgan fingerprint density at radius 3 is 2.45 bits per heavy atom. The molecule has 1 aliphatic rings. The summed E-state index contributed by atoms with van der Waals surface area (Å²) < 4.78 is 12.7. The molecule has 1 aromatic rings. The van der Waals surface area contributed by atoms with Gasteiger partial charge in [0.15, 0.2) is 5.78 Å². The number of hydrogen-bond acceptors (Lipinski definition) is 3. The highest BCUT2D eigenvalue weighted by Crippen LogP contribution is 2.41. The smallest absolute Gasteiger partial charge is 0.250 e. The maximum absolute atomic E-state index is 13.0. The number of carbonyl (C=O) groups is 1. The van der Waals surface area contributed by atoms with Crippen LogP contribution in [0.15, 0.2) is 41.5 Å². The second-order valence-corrected chi connectivity index (χ2v) is 15.8. The number of hydrogen-bond donors (Lipinski definition) is 0. The van der Waals surface area contributed by atoms with E-state index in [4.69, 9.17) is 9.16 Å². The third-order valence-corrected chi connectivity index (χ3v) is 10.9. The van der Waals surface area contributed by atoms with E-state index in [1.165, 1.54) is 11.1 Å². The quantitative estimate of drug-likeness (QED) is 0.300. The molecule has 0 radical (unpaired) electrons. The normalized spacial score (nSPS) is 19.5. The van der Waals surface area contributed by atoms with Crippen molar-refractivity contribution in [3.63, 3.8) is 0 Å². The molecule has 2 rings (SSSR count). The van der Waals surface area contributed by atoms with E-state index in [9.17, 15) is 4.79 Å². The van der Waals surface area contributed by atoms with Crippen molar-refractivity contribution in [1.82, 2.24) is 0 Å². The van der Waals surface area contributed by atoms with Gasteiger partial charge in [0.1, 0.15) is 17.1 Å². The molecule has 0 saturated carbocycles. The highest BCUT2D eigenvalue weighted by molar-refractivity contribution is 6.74. The van der Waals surface area contributed by atoms with Gasteiger partial charge in [-0.2, -0.15) is 0 Å². The standard InChI is InChI=1S/C27H42O3Si/c1-20(2)12-10-13-21(3)14-11-17-27(7)19-24(28)23-18-22(15-16-25(23)29-27)30-31(8,9)26(4,5)6/h12,14-16,18H,10-11,13,17,19H2,1-9H3/b21-14+. The molecule has 0 aliphatic carbocycles. The summed E-state index contributed by atoms with van der Waals surface area (Å²) >= 11 is 0. The van der Waals surface area contributed by atoms with Gasteiger partial charge in [0.2, 0.25) is 8.32 Å². The van der Waals surface area contributed by atoms with Crippen molar-refractivity contribution in [3.8, 4) is 11.5 Å². The number of benzene rings is 1. The Balaban J connectivity index is 2.05. The second-order valence-electron chi connectivity index (χ2n) is 11.1. The molecule has 0 amide bonds. The fourth-order valence-corrected chi connectivity index (χ4v) is 4.54. The van der Waals surface area contributed by atoms with Crippen molar-refractivity contribution in [1.29, 1.82) is 0 Å². The lowest BCUT2D eigenvalue weighted by Gasteiger charge is -2.37. The highest BCUT2D eigenvalue weighted by atomic mass is 28.4. The summed E-state index contributed by atoms with van der Waals surface area (Å²) in [4.78, 5) is 13.0. The Kier molecular flexibility index (Phi) is 8.02. The largest absolute Gasteiger partial charge is 0.543 e. The zero-order valence-electron chi connectivity index (χ0n) is 21.1. The Bertz CT molecular complexity index is 854. The van der Waals surface area contributed by atoms with Crippen molar-refractivity contribution in [2.75, 3.05) is 0 Å². The van der Waals surface area contributed by atoms with E-state index >= 15 is 0 Å². The van der Waals surface area contributed by atoms with Crippen molar-refractivity contribution < 1.29 is 14.0 Å². The maximum Gasteiger partial charge on any atom is 0.250 e. The molecule has 0 aromatic heterocycles. The zero-order chi connectivity index (χ0) is 23.4. The molecule has 4 heteroatoms. The summed E-state index contributed by atoms with van der Waals surface area (Å²) in [5.74, 6) is 1.61. The van der Waals surface area contributed by atoms with Crippen molar-refractivity contribution in [2.24, 2.45) is 0 Å². The van der Waals surface area contributed by atoms with Crippen LogP contribution in [0.4, 0.5) is 0 Å². The molecule has 0 spiro atoms. The van der Waals surface area contributed by atoms with E-state index in [1.807, 2.05) is 18.2 Å². The number of Topliss-reactive ketones (excluding diaryl/α,β-unsaturated/α-hetero) is 1. The minimum absolute atomic E-state index is 0.110. The van der Waals surface area contributed by atoms with Gasteiger partial charge in [-0.05, 0) is 89.7 Å². The SMILES string of the molecule is CC(C)=CCC/C(C)=C/CCC1(C)CC(=O)c2cc(O[Si](C)(C)C(C)(C)C)ccc2O1. The van der Waals surface area contributed by atoms with Crippen molar-refractivity contribution in [3.05, 3.63) is 47.1 Å². The monoisotopic (exact) mass is 442 g/mol. The van der Waals surface area contributed by atoms with Gasteiger partial charge in [-0.25, -0.2) is 0 Å². The van der Waals surface area contributed by atoms with Gasteiger partial charge in [0.25, 0.3) is 0 Å². The van der Waals surface area contributed by atoms with Crippen LogP contribution in [-0.2, 0) is 0 Å². The molecule has 31 heavy (non-hydrogen) atoms. The Morgan fingerprint density at radius 1 is 1.16 bits per heavy atom. The first-order valence-corrected chi connectivity index (χ1v) is 14.5. The third kappa shape index (κ3) is 7.10. The average Bonchev–Trinajstić information content (AvgIpc) is 2.60. The molecule has 3 nitrogen and oxygen atoms in total. The molecule has 1 aliphatic heterocycles. The van der Waals surface area contributed by atoms with E-state index in [1.54, 1.807) is 0 Å². The first kappa shape index (κ1) is 25.4. The summed E-state index contributed by atoms with van der Waals surface area (Å²) in [6.45, 7) is 19.6. The molecule has 0 N–H and O–H groups in total. The average molecular weight is 443 g/mol. The topological polar surface area (TPSA) is 35.5 Å². The minimum atomic E-state index is -1.95. The lowest BCUT2D eigenvalue weighted by Crippen LogP contribution is -2.44. The van der Waals surface area contributed by atoms with E-state index in [2.05, 4.69) is 73.7 Å². The van der Waals surface area contributed by atoms with Gasteiger partial charge in [0.05, 0.1) is 12.0 Å². The van der Waals surface area contributed by atoms with Crippen LogP contribution in [0.3, 0.4) is 0 Å². The number of ketones is 1. The van der Waals surface area contributed by atoms with Gasteiger partial charge in [-0.1, -0.05) is 44.1 Å². The summed E-state index contributed by atoms with van der Waals surface area (Å²) in [7, 11) is -1.95. The van der Waals surface area contributed by atoms with Gasteiger partial charge >= 0.3 is 0 Å². The summed E-state index contributed by atoms with van der Waals surface area (Å²) in [5.41, 5.74) is 2.96. The van der Waals surface area contributed by atoms with Crippen LogP contribution in [0.5, 0.6) is 11.5 Å². The van der Waals surface area contributed by atoms with Crippen LogP contribution in [-0.4, -0.2) is 19.7 Å². The lowest BCUT2D eigenvalue weighted by molar-refractivity contribution is 0.0474. The fourth-order valence-electron chi connectivity index (χ4n) is 3.52. The van der Waals surface area contributed by atoms with E-state index in [0.717, 1.165) is 31.4 Å². The molecule has 1 heterocycles. The molecule has 1 unspecified atom stereocenters. The van der Waals surface area contributed by atoms with Crippen molar-refractivity contribution in [2.45, 2.75) is 104 Å². The number of fused-ring (bicyclic) bond motifs is 1. The second kappa shape index (κ2) is 9.77. The number of carbonyl (C=O) groups excluding carboxylic acids is 1. The molecule has 0 bridgehead atoms. The van der Waals surface area contributed by atoms with E-state index in [-0.39, 0.29) is 10.8 Å². The predicted molar refractivity (Wildman–Crippen MR) is 134 cm³/mol. The van der Waals surface area contributed by atoms with Gasteiger partial charge in [-0.3, -0.25) is 4.79 Å². The predicted octanol–water partition coefficient (Wildman–Crippen LogP) is 8.27. The van der Waals surface area contributed by atoms with Crippen molar-refractivity contribution >= 4 is 14.1 Å². The Morgan fingerprint density at radius 2 is 1.84 bits per heavy atom. The summed E-state index contributed by atoms with van der Waals surface area (Å²) in [6.07, 6.45) is 8.91. The molecule has 1 atom stereocenters. The van der Waals surface area contributed by atoms with E-state index in [0.29, 0.717) is 17.7 Å². The lowest BCUT2D eigenvalue weighted by atomic mass is 9.87. The Labute approximate surface area is 191 Å². The summed E-state index contributed by atoms with van der Waals surface area (Å²) in [5, 5.41) is 0.110. The molecule has 172 valence electrons. The highest BCUT2D eigenvalue weighted by Gasteiger charge is 2.40. The first-order valence-electron chi connectivity index (χ1n) is 11.6. The molecule has 0 fully saturated rings. The molecular formula is C27H42O3Si. The van der Waals surface area contributed by atoms with Crippen LogP contribution in [0.25, 0.3) is 0 Å².